The van der Waals surface area contributed by atoms with E-state index in [2.05, 4.69) is 154 Å². The van der Waals surface area contributed by atoms with E-state index < -0.39 is 0 Å². The molecule has 2 amide bonds. The van der Waals surface area contributed by atoms with E-state index in [1.165, 1.54) is 0 Å². The van der Waals surface area contributed by atoms with Crippen molar-refractivity contribution in [2.24, 2.45) is 0 Å². The Hall–Kier alpha value is 0.920. The van der Waals surface area contributed by atoms with Crippen molar-refractivity contribution in [2.75, 3.05) is 10.6 Å². The minimum atomic E-state index is -0.372. The van der Waals surface area contributed by atoms with Crippen molar-refractivity contribution in [3.8, 4) is 0 Å². The van der Waals surface area contributed by atoms with Crippen LogP contribution in [0.1, 0.15) is 20.7 Å². The zero-order valence-electron chi connectivity index (χ0n) is 15.6. The topological polar surface area (TPSA) is 58.2 Å². The molecular weight excluding hydrogens is 1020 g/mol. The first-order valence-electron chi connectivity index (χ1n) is 8.50. The van der Waals surface area contributed by atoms with E-state index in [1.54, 1.807) is 6.07 Å². The number of rotatable bonds is 4. The van der Waals surface area contributed by atoms with Gasteiger partial charge in [-0.15, -0.1) is 0 Å². The summed E-state index contributed by atoms with van der Waals surface area (Å²) >= 11 is 31.0. The van der Waals surface area contributed by atoms with Crippen LogP contribution in [0.5, 0.6) is 0 Å². The van der Waals surface area contributed by atoms with Crippen molar-refractivity contribution < 1.29 is 9.59 Å². The van der Waals surface area contributed by atoms with Crippen LogP contribution in [-0.2, 0) is 0 Å². The summed E-state index contributed by atoms with van der Waals surface area (Å²) in [6, 6.07) is 8.89. The number of nitrogens with one attached hydrogen (secondary N) is 2. The molecular formula is C20H7Br9N2O2. The van der Waals surface area contributed by atoms with Crippen molar-refractivity contribution in [1.29, 1.82) is 0 Å². The molecule has 3 rings (SSSR count). The Kier molecular flexibility index (Phi) is 10.3. The van der Waals surface area contributed by atoms with Gasteiger partial charge in [-0.3, -0.25) is 9.59 Å². The predicted octanol–water partition coefficient (Wildman–Crippen LogP) is 11.1. The van der Waals surface area contributed by atoms with Gasteiger partial charge in [-0.2, -0.15) is 0 Å². The quantitative estimate of drug-likeness (QED) is 0.256. The van der Waals surface area contributed by atoms with E-state index in [4.69, 9.17) is 0 Å². The third-order valence-electron chi connectivity index (χ3n) is 4.12. The SMILES string of the molecule is O=C(Nc1c(Br)cc(Br)cc1Br)c1cc(Br)c(C(=O)Nc2c(Br)cc(Br)cc2Br)c(Br)c1Br. The monoisotopic (exact) mass is 1020 g/mol. The number of hydrogen-bond acceptors (Lipinski definition) is 2. The number of carbonyl (C=O) groups excluding carboxylic acids is 2. The molecule has 0 atom stereocenters. The molecule has 0 aliphatic heterocycles. The first kappa shape index (κ1) is 28.5. The van der Waals surface area contributed by atoms with Crippen molar-refractivity contribution in [2.45, 2.75) is 0 Å². The summed E-state index contributed by atoms with van der Waals surface area (Å²) in [6.07, 6.45) is 0. The van der Waals surface area contributed by atoms with Gasteiger partial charge in [0, 0.05) is 40.3 Å². The van der Waals surface area contributed by atoms with E-state index in [0.29, 0.717) is 53.8 Å². The highest BCUT2D eigenvalue weighted by Crippen LogP contribution is 2.40. The maximum atomic E-state index is 13.1. The molecule has 0 bridgehead atoms. The maximum Gasteiger partial charge on any atom is 0.258 e. The molecule has 0 unspecified atom stereocenters. The van der Waals surface area contributed by atoms with Crippen molar-refractivity contribution in [3.63, 3.8) is 0 Å². The molecule has 33 heavy (non-hydrogen) atoms. The molecule has 0 saturated carbocycles. The summed E-state index contributed by atoms with van der Waals surface area (Å²) in [5.41, 5.74) is 1.81. The van der Waals surface area contributed by atoms with Crippen LogP contribution in [-0.4, -0.2) is 11.8 Å². The van der Waals surface area contributed by atoms with Gasteiger partial charge in [-0.1, -0.05) is 31.9 Å². The lowest BCUT2D eigenvalue weighted by atomic mass is 10.1. The lowest BCUT2D eigenvalue weighted by Crippen LogP contribution is -2.18. The summed E-state index contributed by atoms with van der Waals surface area (Å²) < 4.78 is 5.81. The molecule has 3 aromatic rings. The van der Waals surface area contributed by atoms with E-state index in [0.717, 1.165) is 8.95 Å². The van der Waals surface area contributed by atoms with Crippen LogP contribution >= 0.6 is 143 Å². The number of carbonyl (C=O) groups is 2. The Morgan fingerprint density at radius 2 is 0.909 bits per heavy atom. The van der Waals surface area contributed by atoms with Gasteiger partial charge < -0.3 is 10.6 Å². The molecule has 4 nitrogen and oxygen atoms in total. The molecule has 0 aliphatic carbocycles. The fourth-order valence-electron chi connectivity index (χ4n) is 2.65. The van der Waals surface area contributed by atoms with Crippen LogP contribution in [0.15, 0.2) is 70.6 Å². The first-order chi connectivity index (χ1) is 15.4. The lowest BCUT2D eigenvalue weighted by Gasteiger charge is -2.16. The molecule has 0 spiro atoms. The van der Waals surface area contributed by atoms with Gasteiger partial charge in [-0.05, 0) is 142 Å². The third kappa shape index (κ3) is 6.63. The van der Waals surface area contributed by atoms with Gasteiger partial charge in [0.2, 0.25) is 0 Å². The third-order valence-corrected chi connectivity index (χ3v) is 10.3. The number of amides is 2. The largest absolute Gasteiger partial charge is 0.320 e. The highest BCUT2D eigenvalue weighted by Gasteiger charge is 2.24. The number of halogens is 9. The van der Waals surface area contributed by atoms with Gasteiger partial charge >= 0.3 is 0 Å². The van der Waals surface area contributed by atoms with Crippen molar-refractivity contribution in [1.82, 2.24) is 0 Å². The minimum absolute atomic E-state index is 0.325. The summed E-state index contributed by atoms with van der Waals surface area (Å²) in [4.78, 5) is 26.2. The lowest BCUT2D eigenvalue weighted by molar-refractivity contribution is 0.101. The van der Waals surface area contributed by atoms with E-state index in [9.17, 15) is 9.59 Å². The summed E-state index contributed by atoms with van der Waals surface area (Å²) in [7, 11) is 0. The van der Waals surface area contributed by atoms with E-state index >= 15 is 0 Å². The normalized spacial score (nSPS) is 10.8. The Labute approximate surface area is 265 Å². The Morgan fingerprint density at radius 3 is 1.33 bits per heavy atom. The van der Waals surface area contributed by atoms with Crippen LogP contribution in [0.4, 0.5) is 11.4 Å². The molecule has 172 valence electrons. The number of benzene rings is 3. The Morgan fingerprint density at radius 1 is 0.515 bits per heavy atom. The molecule has 0 saturated heterocycles. The fourth-order valence-corrected chi connectivity index (χ4v) is 9.54. The van der Waals surface area contributed by atoms with Crippen LogP contribution in [0.2, 0.25) is 0 Å². The minimum Gasteiger partial charge on any atom is -0.320 e. The van der Waals surface area contributed by atoms with Gasteiger partial charge in [0.25, 0.3) is 11.8 Å². The maximum absolute atomic E-state index is 13.1. The van der Waals surface area contributed by atoms with Crippen LogP contribution in [0.3, 0.4) is 0 Å². The molecule has 0 radical (unpaired) electrons. The highest BCUT2D eigenvalue weighted by molar-refractivity contribution is 9.13. The van der Waals surface area contributed by atoms with E-state index in [-0.39, 0.29) is 11.8 Å². The molecule has 0 aliphatic rings. The average Bonchev–Trinajstić information content (AvgIpc) is 2.70. The Bertz CT molecular complexity index is 1270. The van der Waals surface area contributed by atoms with Crippen molar-refractivity contribution >= 4 is 167 Å². The second kappa shape index (κ2) is 12.0. The predicted molar refractivity (Wildman–Crippen MR) is 165 cm³/mol. The molecule has 0 heterocycles. The van der Waals surface area contributed by atoms with Gasteiger partial charge in [0.15, 0.2) is 0 Å². The van der Waals surface area contributed by atoms with Gasteiger partial charge in [0.1, 0.15) is 0 Å². The second-order valence-electron chi connectivity index (χ2n) is 6.31. The zero-order chi connectivity index (χ0) is 24.6. The fraction of sp³-hybridized carbons (Fsp3) is 0. The van der Waals surface area contributed by atoms with Crippen LogP contribution in [0, 0.1) is 0 Å². The van der Waals surface area contributed by atoms with Crippen molar-refractivity contribution in [3.05, 3.63) is 81.7 Å². The standard InChI is InChI=1S/C20H7Br9N2O2/c21-6-1-10(24)17(11(25)2-6)30-19(32)8-5-9(23)14(16(29)15(8)28)20(33)31-18-12(26)3-7(22)4-13(18)27/h1-5H,(H,30,32)(H,31,33). The molecule has 2 N–H and O–H groups in total. The summed E-state index contributed by atoms with van der Waals surface area (Å²) in [5.74, 6) is -0.735. The van der Waals surface area contributed by atoms with Gasteiger partial charge in [0.05, 0.1) is 22.5 Å². The van der Waals surface area contributed by atoms with Crippen LogP contribution in [0.25, 0.3) is 0 Å². The van der Waals surface area contributed by atoms with Gasteiger partial charge in [-0.25, -0.2) is 0 Å². The zero-order valence-corrected chi connectivity index (χ0v) is 29.9. The smallest absolute Gasteiger partial charge is 0.258 e. The molecule has 0 aromatic heterocycles. The number of hydrogen-bond donors (Lipinski definition) is 2. The molecule has 0 fully saturated rings. The second-order valence-corrected chi connectivity index (χ2v) is 14.0. The summed E-state index contributed by atoms with van der Waals surface area (Å²) in [6.45, 7) is 0. The highest BCUT2D eigenvalue weighted by atomic mass is 79.9. The van der Waals surface area contributed by atoms with Crippen LogP contribution < -0.4 is 10.6 Å². The Balaban J connectivity index is 1.95. The first-order valence-corrected chi connectivity index (χ1v) is 15.6. The summed E-state index contributed by atoms with van der Waals surface area (Å²) in [5, 5.41) is 5.77. The number of anilines is 2. The molecule has 13 heteroatoms. The molecule has 3 aromatic carbocycles. The average molecular weight is 1030 g/mol. The van der Waals surface area contributed by atoms with E-state index in [1.807, 2.05) is 24.3 Å².